The fourth-order valence-electron chi connectivity index (χ4n) is 1.62. The molecule has 1 aromatic rings. The summed E-state index contributed by atoms with van der Waals surface area (Å²) in [6, 6.07) is 6.80. The molecule has 5 heteroatoms. The zero-order valence-electron chi connectivity index (χ0n) is 10.1. The molecule has 0 bridgehead atoms. The van der Waals surface area contributed by atoms with Gasteiger partial charge in [-0.05, 0) is 24.1 Å². The standard InChI is InChI=1S/C13H16BrNO3/c1-2-3-12(16)15-11(8-13(17)18)9-4-6-10(14)7-5-9/h4-7,11H,2-3,8H2,1H3,(H,15,16)(H,17,18). The van der Waals surface area contributed by atoms with Gasteiger partial charge in [-0.25, -0.2) is 0 Å². The molecule has 0 heterocycles. The fourth-order valence-corrected chi connectivity index (χ4v) is 1.88. The van der Waals surface area contributed by atoms with Crippen LogP contribution in [0.25, 0.3) is 0 Å². The number of rotatable bonds is 6. The highest BCUT2D eigenvalue weighted by Crippen LogP contribution is 2.20. The van der Waals surface area contributed by atoms with Gasteiger partial charge in [-0.1, -0.05) is 35.0 Å². The first-order chi connectivity index (χ1) is 8.52. The highest BCUT2D eigenvalue weighted by atomic mass is 79.9. The molecular weight excluding hydrogens is 298 g/mol. The van der Waals surface area contributed by atoms with Crippen LogP contribution in [0.1, 0.15) is 37.8 Å². The van der Waals surface area contributed by atoms with Gasteiger partial charge in [0.15, 0.2) is 0 Å². The molecule has 18 heavy (non-hydrogen) atoms. The first-order valence-electron chi connectivity index (χ1n) is 5.79. The third-order valence-electron chi connectivity index (χ3n) is 2.46. The highest BCUT2D eigenvalue weighted by Gasteiger charge is 2.17. The molecule has 2 N–H and O–H groups in total. The molecule has 0 radical (unpaired) electrons. The molecule has 0 aromatic heterocycles. The Kier molecular flexibility index (Phi) is 5.85. The highest BCUT2D eigenvalue weighted by molar-refractivity contribution is 9.10. The lowest BCUT2D eigenvalue weighted by atomic mass is 10.0. The predicted octanol–water partition coefficient (Wildman–Crippen LogP) is 2.88. The Morgan fingerprint density at radius 2 is 1.94 bits per heavy atom. The normalized spacial score (nSPS) is 11.9. The van der Waals surface area contributed by atoms with Gasteiger partial charge in [0.2, 0.25) is 5.91 Å². The van der Waals surface area contributed by atoms with E-state index in [-0.39, 0.29) is 12.3 Å². The van der Waals surface area contributed by atoms with Crippen LogP contribution in [0, 0.1) is 0 Å². The second-order valence-electron chi connectivity index (χ2n) is 4.02. The van der Waals surface area contributed by atoms with E-state index in [2.05, 4.69) is 21.2 Å². The monoisotopic (exact) mass is 313 g/mol. The molecule has 0 fully saturated rings. The molecule has 0 saturated heterocycles. The summed E-state index contributed by atoms with van der Waals surface area (Å²) in [6.07, 6.45) is 1.04. The zero-order chi connectivity index (χ0) is 13.5. The molecule has 1 rings (SSSR count). The lowest BCUT2D eigenvalue weighted by Crippen LogP contribution is -2.29. The van der Waals surface area contributed by atoms with Crippen LogP contribution in [0.3, 0.4) is 0 Å². The number of carbonyl (C=O) groups is 2. The van der Waals surface area contributed by atoms with E-state index in [1.54, 1.807) is 0 Å². The number of carboxylic acid groups (broad SMARTS) is 1. The van der Waals surface area contributed by atoms with Crippen molar-refractivity contribution in [2.45, 2.75) is 32.2 Å². The minimum Gasteiger partial charge on any atom is -0.481 e. The molecule has 0 saturated carbocycles. The molecule has 0 aliphatic carbocycles. The number of aliphatic carboxylic acids is 1. The van der Waals surface area contributed by atoms with E-state index in [0.29, 0.717) is 6.42 Å². The summed E-state index contributed by atoms with van der Waals surface area (Å²) < 4.78 is 0.917. The van der Waals surface area contributed by atoms with E-state index in [4.69, 9.17) is 5.11 Å². The van der Waals surface area contributed by atoms with Gasteiger partial charge >= 0.3 is 5.97 Å². The summed E-state index contributed by atoms with van der Waals surface area (Å²) in [6.45, 7) is 1.91. The van der Waals surface area contributed by atoms with Crippen LogP contribution in [0.15, 0.2) is 28.7 Å². The largest absolute Gasteiger partial charge is 0.481 e. The molecule has 1 atom stereocenters. The number of amides is 1. The Balaban J connectivity index is 2.80. The lowest BCUT2D eigenvalue weighted by molar-refractivity contribution is -0.137. The maximum atomic E-state index is 11.6. The van der Waals surface area contributed by atoms with E-state index < -0.39 is 12.0 Å². The number of benzene rings is 1. The van der Waals surface area contributed by atoms with Gasteiger partial charge in [-0.2, -0.15) is 0 Å². The summed E-state index contributed by atoms with van der Waals surface area (Å²) >= 11 is 3.32. The topological polar surface area (TPSA) is 66.4 Å². The van der Waals surface area contributed by atoms with Gasteiger partial charge in [-0.15, -0.1) is 0 Å². The van der Waals surface area contributed by atoms with Gasteiger partial charge in [0.05, 0.1) is 12.5 Å². The third-order valence-corrected chi connectivity index (χ3v) is 2.99. The van der Waals surface area contributed by atoms with Crippen molar-refractivity contribution in [2.24, 2.45) is 0 Å². The van der Waals surface area contributed by atoms with Crippen LogP contribution < -0.4 is 5.32 Å². The van der Waals surface area contributed by atoms with E-state index in [1.807, 2.05) is 31.2 Å². The molecular formula is C13H16BrNO3. The average molecular weight is 314 g/mol. The number of hydrogen-bond acceptors (Lipinski definition) is 2. The second-order valence-corrected chi connectivity index (χ2v) is 4.94. The Labute approximate surface area is 115 Å². The van der Waals surface area contributed by atoms with Gasteiger partial charge < -0.3 is 10.4 Å². The molecule has 98 valence electrons. The second kappa shape index (κ2) is 7.16. The summed E-state index contributed by atoms with van der Waals surface area (Å²) in [5.74, 6) is -1.05. The van der Waals surface area contributed by atoms with E-state index >= 15 is 0 Å². The SMILES string of the molecule is CCCC(=O)NC(CC(=O)O)c1ccc(Br)cc1. The lowest BCUT2D eigenvalue weighted by Gasteiger charge is -2.17. The van der Waals surface area contributed by atoms with Gasteiger partial charge in [-0.3, -0.25) is 9.59 Å². The maximum absolute atomic E-state index is 11.6. The summed E-state index contributed by atoms with van der Waals surface area (Å²) in [5.41, 5.74) is 0.796. The van der Waals surface area contributed by atoms with E-state index in [1.165, 1.54) is 0 Å². The first-order valence-corrected chi connectivity index (χ1v) is 6.59. The number of carboxylic acids is 1. The summed E-state index contributed by atoms with van der Waals surface area (Å²) in [7, 11) is 0. The van der Waals surface area contributed by atoms with Crippen molar-refractivity contribution in [1.29, 1.82) is 0 Å². The Morgan fingerprint density at radius 1 is 1.33 bits per heavy atom. The summed E-state index contributed by atoms with van der Waals surface area (Å²) in [4.78, 5) is 22.4. The quantitative estimate of drug-likeness (QED) is 0.848. The third kappa shape index (κ3) is 4.87. The zero-order valence-corrected chi connectivity index (χ0v) is 11.7. The van der Waals surface area contributed by atoms with Crippen molar-refractivity contribution < 1.29 is 14.7 Å². The van der Waals surface area contributed by atoms with Crippen LogP contribution in [0.2, 0.25) is 0 Å². The fraction of sp³-hybridized carbons (Fsp3) is 0.385. The van der Waals surface area contributed by atoms with E-state index in [0.717, 1.165) is 16.5 Å². The summed E-state index contributed by atoms with van der Waals surface area (Å²) in [5, 5.41) is 11.6. The minimum atomic E-state index is -0.931. The number of halogens is 1. The Morgan fingerprint density at radius 3 is 2.44 bits per heavy atom. The average Bonchev–Trinajstić information content (AvgIpc) is 2.28. The molecule has 1 aromatic carbocycles. The van der Waals surface area contributed by atoms with Crippen LogP contribution in [0.4, 0.5) is 0 Å². The number of nitrogens with one attached hydrogen (secondary N) is 1. The number of hydrogen-bond donors (Lipinski definition) is 2. The van der Waals surface area contributed by atoms with Gasteiger partial charge in [0.25, 0.3) is 0 Å². The number of carbonyl (C=O) groups excluding carboxylic acids is 1. The van der Waals surface area contributed by atoms with Crippen molar-refractivity contribution in [3.63, 3.8) is 0 Å². The van der Waals surface area contributed by atoms with Crippen molar-refractivity contribution in [3.8, 4) is 0 Å². The van der Waals surface area contributed by atoms with Crippen molar-refractivity contribution in [2.75, 3.05) is 0 Å². The van der Waals surface area contributed by atoms with Crippen molar-refractivity contribution >= 4 is 27.8 Å². The smallest absolute Gasteiger partial charge is 0.305 e. The van der Waals surface area contributed by atoms with Gasteiger partial charge in [0.1, 0.15) is 0 Å². The Bertz CT molecular complexity index is 417. The molecule has 4 nitrogen and oxygen atoms in total. The maximum Gasteiger partial charge on any atom is 0.305 e. The van der Waals surface area contributed by atoms with Crippen LogP contribution >= 0.6 is 15.9 Å². The first kappa shape index (κ1) is 14.7. The molecule has 1 unspecified atom stereocenters. The van der Waals surface area contributed by atoms with Gasteiger partial charge in [0, 0.05) is 10.9 Å². The molecule has 0 aliphatic rings. The molecule has 0 aliphatic heterocycles. The Hall–Kier alpha value is -1.36. The van der Waals surface area contributed by atoms with Crippen LogP contribution in [0.5, 0.6) is 0 Å². The minimum absolute atomic E-state index is 0.114. The molecule has 0 spiro atoms. The van der Waals surface area contributed by atoms with E-state index in [9.17, 15) is 9.59 Å². The van der Waals surface area contributed by atoms with Crippen LogP contribution in [-0.4, -0.2) is 17.0 Å². The predicted molar refractivity (Wildman–Crippen MR) is 72.2 cm³/mol. The van der Waals surface area contributed by atoms with Crippen molar-refractivity contribution in [3.05, 3.63) is 34.3 Å². The van der Waals surface area contributed by atoms with Crippen LogP contribution in [-0.2, 0) is 9.59 Å². The van der Waals surface area contributed by atoms with Crippen molar-refractivity contribution in [1.82, 2.24) is 5.32 Å². The molecule has 1 amide bonds.